The molecule has 2 aromatic carbocycles. The summed E-state index contributed by atoms with van der Waals surface area (Å²) < 4.78 is 0. The van der Waals surface area contributed by atoms with Crippen LogP contribution < -0.4 is 54.0 Å². The van der Waals surface area contributed by atoms with Gasteiger partial charge in [-0.05, 0) is 49.3 Å². The van der Waals surface area contributed by atoms with E-state index in [-0.39, 0.29) is 70.0 Å². The number of carbonyl (C=O) groups excluding carboxylic acids is 7. The summed E-state index contributed by atoms with van der Waals surface area (Å²) in [4.78, 5) is 117. The van der Waals surface area contributed by atoms with Gasteiger partial charge in [0.15, 0.2) is 5.96 Å². The Morgan fingerprint density at radius 3 is 1.94 bits per heavy atom. The van der Waals surface area contributed by atoms with Crippen LogP contribution >= 0.6 is 0 Å². The molecule has 1 aliphatic carbocycles. The zero-order chi connectivity index (χ0) is 50.4. The van der Waals surface area contributed by atoms with Gasteiger partial charge < -0.3 is 69.1 Å². The van der Waals surface area contributed by atoms with Crippen LogP contribution in [-0.2, 0) is 57.6 Å². The Balaban J connectivity index is 1.38. The van der Waals surface area contributed by atoms with E-state index in [4.69, 9.17) is 16.9 Å². The second-order valence-electron chi connectivity index (χ2n) is 17.2. The van der Waals surface area contributed by atoms with E-state index in [1.54, 1.807) is 42.6 Å². The number of amides is 7. The second-order valence-corrected chi connectivity index (χ2v) is 17.2. The number of H-pyrrole nitrogens is 2. The predicted molar refractivity (Wildman–Crippen MR) is 257 cm³/mol. The number of hydrogen-bond donors (Lipinski definition) is 14. The van der Waals surface area contributed by atoms with Crippen molar-refractivity contribution in [2.24, 2.45) is 11.5 Å². The van der Waals surface area contributed by atoms with Gasteiger partial charge in [0, 0.05) is 61.6 Å². The molecule has 0 aliphatic heterocycles. The summed E-state index contributed by atoms with van der Waals surface area (Å²) >= 11 is 0. The SMILES string of the molecule is N=C(N)NCCC[C@H](NC(=O)[C@H](Cc1ccccc1)NC(=O)[C@H](Cc1c[nH]cn1)NC(=O)[C@H](CCC(N)=O)NC(=O)CNC1CCCCC1)C(=O)N[C@@H](Cc1c[nH]c2ccccc12)C(=O)NCC(=O)O. The smallest absolute Gasteiger partial charge is 0.322 e. The first-order chi connectivity index (χ1) is 33.6. The number of nitrogens with two attached hydrogens (primary N) is 2. The molecular weight excluding hydrogens is 905 g/mol. The maximum atomic E-state index is 14.5. The van der Waals surface area contributed by atoms with Crippen LogP contribution in [0.2, 0.25) is 0 Å². The Labute approximate surface area is 404 Å². The van der Waals surface area contributed by atoms with E-state index in [1.165, 1.54) is 12.5 Å². The van der Waals surface area contributed by atoms with Crippen LogP contribution in [0.5, 0.6) is 0 Å². The van der Waals surface area contributed by atoms with E-state index in [2.05, 4.69) is 57.5 Å². The van der Waals surface area contributed by atoms with Gasteiger partial charge in [0.25, 0.3) is 0 Å². The van der Waals surface area contributed by atoms with Gasteiger partial charge in [-0.15, -0.1) is 0 Å². The minimum absolute atomic E-state index is 0.0488. The molecule has 0 unspecified atom stereocenters. The number of carboxylic acids is 1. The summed E-state index contributed by atoms with van der Waals surface area (Å²) in [5, 5.41) is 39.3. The quantitative estimate of drug-likeness (QED) is 0.0185. The molecule has 23 heteroatoms. The van der Waals surface area contributed by atoms with E-state index in [0.29, 0.717) is 16.8 Å². The van der Waals surface area contributed by atoms with E-state index < -0.39 is 84.1 Å². The molecule has 2 heterocycles. The molecular formula is C47H64N14O9. The third-order valence-electron chi connectivity index (χ3n) is 11.8. The highest BCUT2D eigenvalue weighted by Crippen LogP contribution is 2.20. The third kappa shape index (κ3) is 17.7. The van der Waals surface area contributed by atoms with Gasteiger partial charge in [-0.1, -0.05) is 67.8 Å². The largest absolute Gasteiger partial charge is 0.480 e. The number of carbonyl (C=O) groups is 8. The molecule has 1 saturated carbocycles. The number of aliphatic carboxylic acids is 1. The fraction of sp³-hybridized carbons (Fsp3) is 0.447. The Bertz CT molecular complexity index is 2410. The number of primary amides is 1. The molecule has 2 aromatic heterocycles. The molecule has 70 heavy (non-hydrogen) atoms. The minimum atomic E-state index is -1.39. The number of guanidine groups is 1. The normalized spacial score (nSPS) is 14.7. The molecule has 0 radical (unpaired) electrons. The van der Waals surface area contributed by atoms with Gasteiger partial charge in [0.2, 0.25) is 41.4 Å². The molecule has 376 valence electrons. The lowest BCUT2D eigenvalue weighted by Gasteiger charge is -2.27. The molecule has 1 aliphatic rings. The van der Waals surface area contributed by atoms with Crippen molar-refractivity contribution in [2.45, 2.75) is 113 Å². The lowest BCUT2D eigenvalue weighted by atomic mass is 9.95. The van der Waals surface area contributed by atoms with Gasteiger partial charge in [0.1, 0.15) is 36.8 Å². The Morgan fingerprint density at radius 1 is 0.686 bits per heavy atom. The number of nitrogens with one attached hydrogen (secondary N) is 11. The average Bonchev–Trinajstić information content (AvgIpc) is 4.02. The third-order valence-corrected chi connectivity index (χ3v) is 11.8. The topological polar surface area (TPSA) is 373 Å². The molecule has 23 nitrogen and oxygen atoms in total. The number of para-hydroxylation sites is 1. The van der Waals surface area contributed by atoms with Crippen LogP contribution in [-0.4, -0.2) is 129 Å². The summed E-state index contributed by atoms with van der Waals surface area (Å²) in [5.74, 6) is -6.88. The molecule has 4 aromatic rings. The Morgan fingerprint density at radius 2 is 1.30 bits per heavy atom. The minimum Gasteiger partial charge on any atom is -0.480 e. The highest BCUT2D eigenvalue weighted by atomic mass is 16.4. The molecule has 0 spiro atoms. The van der Waals surface area contributed by atoms with Gasteiger partial charge >= 0.3 is 5.97 Å². The monoisotopic (exact) mass is 968 g/mol. The summed E-state index contributed by atoms with van der Waals surface area (Å²) in [6.07, 6.45) is 9.01. The van der Waals surface area contributed by atoms with Crippen molar-refractivity contribution < 1.29 is 43.5 Å². The van der Waals surface area contributed by atoms with E-state index in [9.17, 15) is 43.5 Å². The first-order valence-corrected chi connectivity index (χ1v) is 23.3. The van der Waals surface area contributed by atoms with E-state index >= 15 is 0 Å². The van der Waals surface area contributed by atoms with E-state index in [1.807, 2.05) is 18.2 Å². The van der Waals surface area contributed by atoms with Gasteiger partial charge in [-0.3, -0.25) is 43.8 Å². The van der Waals surface area contributed by atoms with Crippen molar-refractivity contribution in [3.05, 3.63) is 90.1 Å². The van der Waals surface area contributed by atoms with Crippen molar-refractivity contribution in [1.29, 1.82) is 5.41 Å². The number of hydrogen-bond acceptors (Lipinski definition) is 11. The van der Waals surface area contributed by atoms with Crippen LogP contribution in [0.4, 0.5) is 0 Å². The standard InChI is InChI=1S/C47H64N14O9/c48-39(62)18-17-35(57-40(63)25-53-30-12-5-2-6-13-30)44(68)61-38(22-31-24-51-27-56-31)46(70)59-36(20-28-10-3-1-4-11-28)45(69)58-34(16-9-19-52-47(49)50)43(67)60-37(42(66)55-26-41(64)65)21-29-23-54-33-15-8-7-14-32(29)33/h1,3-4,7-8,10-11,14-15,23-24,27,30,34-38,53-54H,2,5-6,9,12-13,16-22,25-26H2,(H2,48,62)(H,51,56)(H,55,66)(H,57,63)(H,58,69)(H,59,70)(H,60,67)(H,61,68)(H,64,65)(H4,49,50,52)/t34-,35-,36-,37-,38-/m0/s1. The molecule has 0 bridgehead atoms. The summed E-state index contributed by atoms with van der Waals surface area (Å²) in [5.41, 5.74) is 13.3. The first-order valence-electron chi connectivity index (χ1n) is 23.3. The number of benzene rings is 2. The number of fused-ring (bicyclic) bond motifs is 1. The van der Waals surface area contributed by atoms with Crippen LogP contribution in [0.1, 0.15) is 74.6 Å². The number of rotatable bonds is 28. The van der Waals surface area contributed by atoms with E-state index in [0.717, 1.165) is 43.0 Å². The summed E-state index contributed by atoms with van der Waals surface area (Å²) in [6.45, 7) is -0.671. The summed E-state index contributed by atoms with van der Waals surface area (Å²) in [7, 11) is 0. The Kier molecular flexibility index (Phi) is 20.7. The van der Waals surface area contributed by atoms with Crippen LogP contribution in [0, 0.1) is 5.41 Å². The highest BCUT2D eigenvalue weighted by molar-refractivity contribution is 5.97. The van der Waals surface area contributed by atoms with Crippen molar-refractivity contribution in [2.75, 3.05) is 19.6 Å². The number of aromatic nitrogens is 3. The number of imidazole rings is 1. The second kappa shape index (κ2) is 27.2. The lowest BCUT2D eigenvalue weighted by Crippen LogP contribution is -2.60. The van der Waals surface area contributed by atoms with Crippen molar-refractivity contribution in [3.8, 4) is 0 Å². The predicted octanol–water partition coefficient (Wildman–Crippen LogP) is -1.01. The first kappa shape index (κ1) is 53.1. The maximum Gasteiger partial charge on any atom is 0.322 e. The number of aromatic amines is 2. The lowest BCUT2D eigenvalue weighted by molar-refractivity contribution is -0.138. The molecule has 5 rings (SSSR count). The Hall–Kier alpha value is -7.82. The van der Waals surface area contributed by atoms with Crippen LogP contribution in [0.15, 0.2) is 73.3 Å². The fourth-order valence-electron chi connectivity index (χ4n) is 8.13. The van der Waals surface area contributed by atoms with Crippen LogP contribution in [0.3, 0.4) is 0 Å². The zero-order valence-corrected chi connectivity index (χ0v) is 38.8. The zero-order valence-electron chi connectivity index (χ0n) is 38.8. The summed E-state index contributed by atoms with van der Waals surface area (Å²) in [6, 6.07) is 9.43. The van der Waals surface area contributed by atoms with Crippen molar-refractivity contribution in [3.63, 3.8) is 0 Å². The number of carboxylic acid groups (broad SMARTS) is 1. The molecule has 16 N–H and O–H groups in total. The highest BCUT2D eigenvalue weighted by Gasteiger charge is 2.34. The fourth-order valence-corrected chi connectivity index (χ4v) is 8.13. The van der Waals surface area contributed by atoms with Gasteiger partial charge in [-0.2, -0.15) is 0 Å². The molecule has 0 saturated heterocycles. The maximum absolute atomic E-state index is 14.5. The van der Waals surface area contributed by atoms with Gasteiger partial charge in [-0.25, -0.2) is 4.98 Å². The average molecular weight is 969 g/mol. The molecule has 5 atom stereocenters. The number of nitrogens with zero attached hydrogens (tertiary/aromatic N) is 1. The molecule has 7 amide bonds. The van der Waals surface area contributed by atoms with Gasteiger partial charge in [0.05, 0.1) is 18.6 Å². The van der Waals surface area contributed by atoms with Crippen LogP contribution in [0.25, 0.3) is 10.9 Å². The molecule has 1 fully saturated rings. The van der Waals surface area contributed by atoms with Crippen molar-refractivity contribution in [1.82, 2.24) is 57.5 Å². The van der Waals surface area contributed by atoms with Crippen molar-refractivity contribution >= 4 is 64.2 Å².